The molecule has 1 heterocycles. The van der Waals surface area contributed by atoms with Gasteiger partial charge >= 0.3 is 0 Å². The van der Waals surface area contributed by atoms with Crippen molar-refractivity contribution in [1.82, 2.24) is 4.98 Å². The van der Waals surface area contributed by atoms with E-state index in [9.17, 15) is 13.2 Å². The molecule has 0 saturated heterocycles. The Morgan fingerprint density at radius 3 is 2.35 bits per heavy atom. The number of sulfonamides is 1. The smallest absolute Gasteiger partial charge is 0.261 e. The van der Waals surface area contributed by atoms with Crippen molar-refractivity contribution in [1.29, 1.82) is 0 Å². The summed E-state index contributed by atoms with van der Waals surface area (Å²) in [5.74, 6) is -0.361. The normalized spacial score (nSPS) is 11.9. The molecular weight excluding hydrogens is 466 g/mol. The third-order valence-electron chi connectivity index (χ3n) is 5.68. The lowest BCUT2D eigenvalue weighted by Gasteiger charge is -2.09. The molecule has 0 fully saturated rings. The summed E-state index contributed by atoms with van der Waals surface area (Å²) >= 11 is 1.43. The summed E-state index contributed by atoms with van der Waals surface area (Å²) in [6.07, 6.45) is 0. The van der Waals surface area contributed by atoms with Gasteiger partial charge in [-0.2, -0.15) is 0 Å². The second-order valence-electron chi connectivity index (χ2n) is 7.86. The number of rotatable bonds is 5. The van der Waals surface area contributed by atoms with E-state index in [4.69, 9.17) is 4.98 Å². The van der Waals surface area contributed by atoms with Crippen molar-refractivity contribution in [2.45, 2.75) is 4.90 Å². The van der Waals surface area contributed by atoms with Gasteiger partial charge in [-0.1, -0.05) is 72.0 Å². The maximum Gasteiger partial charge on any atom is 0.261 e. The number of hydrogen-bond donors (Lipinski definition) is 2. The van der Waals surface area contributed by atoms with E-state index in [0.717, 1.165) is 21.7 Å². The van der Waals surface area contributed by atoms with Crippen LogP contribution in [0.25, 0.3) is 32.5 Å². The molecule has 1 aliphatic rings. The second-order valence-corrected chi connectivity index (χ2v) is 10.5. The standard InChI is InChI=1S/C26H17N3O3S2/c30-25(17-9-4-10-18(15-17)29-34(31,32)19-11-2-1-3-12-19)28-26-27-23-20-13-5-7-16-8-6-14-21(22(16)20)24(23)33-26/h1-15,29H,(H,27,28,30). The molecule has 0 atom stereocenters. The third kappa shape index (κ3) is 3.44. The highest BCUT2D eigenvalue weighted by molar-refractivity contribution is 7.92. The number of thiazole rings is 1. The van der Waals surface area contributed by atoms with Crippen molar-refractivity contribution in [3.05, 3.63) is 96.6 Å². The van der Waals surface area contributed by atoms with Crippen LogP contribution in [0.4, 0.5) is 10.8 Å². The summed E-state index contributed by atoms with van der Waals surface area (Å²) in [7, 11) is -3.75. The maximum atomic E-state index is 12.9. The zero-order chi connectivity index (χ0) is 23.3. The molecule has 5 aromatic rings. The SMILES string of the molecule is O=C(Nc1nc2c(s1)-c1cccc3cccc-2c13)c1cccc(NS(=O)(=O)c2ccccc2)c1. The van der Waals surface area contributed by atoms with Crippen molar-refractivity contribution in [2.24, 2.45) is 0 Å². The Morgan fingerprint density at radius 1 is 0.824 bits per heavy atom. The summed E-state index contributed by atoms with van der Waals surface area (Å²) in [5.41, 5.74) is 3.69. The fourth-order valence-electron chi connectivity index (χ4n) is 4.17. The van der Waals surface area contributed by atoms with Crippen LogP contribution in [0, 0.1) is 0 Å². The molecule has 0 spiro atoms. The van der Waals surface area contributed by atoms with E-state index in [-0.39, 0.29) is 10.8 Å². The molecule has 6 nitrogen and oxygen atoms in total. The van der Waals surface area contributed by atoms with E-state index in [1.165, 1.54) is 40.3 Å². The first-order valence-corrected chi connectivity index (χ1v) is 12.8. The zero-order valence-corrected chi connectivity index (χ0v) is 19.3. The Labute approximate surface area is 200 Å². The zero-order valence-electron chi connectivity index (χ0n) is 17.6. The monoisotopic (exact) mass is 483 g/mol. The van der Waals surface area contributed by atoms with E-state index in [2.05, 4.69) is 28.2 Å². The first-order valence-electron chi connectivity index (χ1n) is 10.5. The predicted molar refractivity (Wildman–Crippen MR) is 136 cm³/mol. The molecule has 0 bridgehead atoms. The van der Waals surface area contributed by atoms with E-state index < -0.39 is 10.0 Å². The van der Waals surface area contributed by atoms with Crippen molar-refractivity contribution in [3.63, 3.8) is 0 Å². The molecule has 34 heavy (non-hydrogen) atoms. The van der Waals surface area contributed by atoms with Gasteiger partial charge in [0.2, 0.25) is 0 Å². The Kier molecular flexibility index (Phi) is 4.72. The quantitative estimate of drug-likeness (QED) is 0.315. The van der Waals surface area contributed by atoms with Crippen LogP contribution in [0.5, 0.6) is 0 Å². The average Bonchev–Trinajstić information content (AvgIpc) is 3.39. The number of carbonyl (C=O) groups excluding carboxylic acids is 1. The van der Waals surface area contributed by atoms with Crippen LogP contribution in [0.1, 0.15) is 10.4 Å². The summed E-state index contributed by atoms with van der Waals surface area (Å²) in [6.45, 7) is 0. The average molecular weight is 484 g/mol. The lowest BCUT2D eigenvalue weighted by atomic mass is 10.0. The molecular formula is C26H17N3O3S2. The summed E-state index contributed by atoms with van der Waals surface area (Å²) in [6, 6.07) is 26.8. The molecule has 8 heteroatoms. The van der Waals surface area contributed by atoms with Crippen molar-refractivity contribution in [2.75, 3.05) is 10.0 Å². The van der Waals surface area contributed by atoms with Crippen LogP contribution >= 0.6 is 11.3 Å². The van der Waals surface area contributed by atoms with Gasteiger partial charge in [0, 0.05) is 22.4 Å². The van der Waals surface area contributed by atoms with Crippen molar-refractivity contribution >= 4 is 48.9 Å². The van der Waals surface area contributed by atoms with Gasteiger partial charge in [-0.3, -0.25) is 14.8 Å². The largest absolute Gasteiger partial charge is 0.298 e. The topological polar surface area (TPSA) is 88.2 Å². The molecule has 1 amide bonds. The van der Waals surface area contributed by atoms with E-state index >= 15 is 0 Å². The number of hydrogen-bond acceptors (Lipinski definition) is 5. The Bertz CT molecular complexity index is 1640. The molecule has 0 aliphatic heterocycles. The molecule has 6 rings (SSSR count). The number of carbonyl (C=O) groups is 1. The minimum Gasteiger partial charge on any atom is -0.298 e. The fourth-order valence-corrected chi connectivity index (χ4v) is 6.25. The fraction of sp³-hybridized carbons (Fsp3) is 0. The number of anilines is 2. The first-order chi connectivity index (χ1) is 16.5. The number of nitrogens with one attached hydrogen (secondary N) is 2. The molecule has 0 unspecified atom stereocenters. The minimum atomic E-state index is -3.75. The summed E-state index contributed by atoms with van der Waals surface area (Å²) in [5, 5.41) is 5.72. The Morgan fingerprint density at radius 2 is 1.56 bits per heavy atom. The highest BCUT2D eigenvalue weighted by Crippen LogP contribution is 2.50. The first kappa shape index (κ1) is 20.6. The minimum absolute atomic E-state index is 0.150. The highest BCUT2D eigenvalue weighted by Gasteiger charge is 2.26. The van der Waals surface area contributed by atoms with Crippen LogP contribution in [0.15, 0.2) is 95.9 Å². The van der Waals surface area contributed by atoms with Gasteiger partial charge < -0.3 is 0 Å². The molecule has 4 aromatic carbocycles. The van der Waals surface area contributed by atoms with Gasteiger partial charge in [0.05, 0.1) is 15.5 Å². The molecule has 0 radical (unpaired) electrons. The van der Waals surface area contributed by atoms with E-state index in [1.807, 2.05) is 18.2 Å². The van der Waals surface area contributed by atoms with Crippen molar-refractivity contribution in [3.8, 4) is 21.7 Å². The summed E-state index contributed by atoms with van der Waals surface area (Å²) < 4.78 is 27.8. The van der Waals surface area contributed by atoms with Crippen LogP contribution in [0.3, 0.4) is 0 Å². The number of nitrogens with zero attached hydrogens (tertiary/aromatic N) is 1. The summed E-state index contributed by atoms with van der Waals surface area (Å²) in [4.78, 5) is 18.8. The van der Waals surface area contributed by atoms with Crippen LogP contribution < -0.4 is 10.0 Å². The van der Waals surface area contributed by atoms with Gasteiger partial charge in [-0.25, -0.2) is 13.4 Å². The highest BCUT2D eigenvalue weighted by atomic mass is 32.2. The van der Waals surface area contributed by atoms with Crippen LogP contribution in [0.2, 0.25) is 0 Å². The number of aromatic nitrogens is 1. The van der Waals surface area contributed by atoms with Crippen LogP contribution in [-0.2, 0) is 10.0 Å². The van der Waals surface area contributed by atoms with Gasteiger partial charge in [0.1, 0.15) is 0 Å². The number of amides is 1. The van der Waals surface area contributed by atoms with E-state index in [1.54, 1.807) is 36.4 Å². The van der Waals surface area contributed by atoms with Gasteiger partial charge in [0.25, 0.3) is 15.9 Å². The van der Waals surface area contributed by atoms with Gasteiger partial charge in [0.15, 0.2) is 5.13 Å². The van der Waals surface area contributed by atoms with Gasteiger partial charge in [-0.05, 0) is 41.1 Å². The molecule has 2 N–H and O–H groups in total. The molecule has 1 aromatic heterocycles. The second kappa shape index (κ2) is 7.79. The van der Waals surface area contributed by atoms with Gasteiger partial charge in [-0.15, -0.1) is 0 Å². The molecule has 1 aliphatic carbocycles. The maximum absolute atomic E-state index is 12.9. The lowest BCUT2D eigenvalue weighted by molar-refractivity contribution is 0.102. The third-order valence-corrected chi connectivity index (χ3v) is 8.08. The Balaban J connectivity index is 1.25. The number of fused-ring (bicyclic) bond motifs is 3. The predicted octanol–water partition coefficient (Wildman–Crippen LogP) is 6.00. The lowest BCUT2D eigenvalue weighted by Crippen LogP contribution is -2.15. The van der Waals surface area contributed by atoms with E-state index in [0.29, 0.717) is 16.4 Å². The molecule has 166 valence electrons. The van der Waals surface area contributed by atoms with Crippen LogP contribution in [-0.4, -0.2) is 19.3 Å². The van der Waals surface area contributed by atoms with Crippen molar-refractivity contribution < 1.29 is 13.2 Å². The molecule has 0 saturated carbocycles. The number of benzene rings is 4. The Hall–Kier alpha value is -4.01.